The average molecular weight is 470 g/mol. The van der Waals surface area contributed by atoms with E-state index < -0.39 is 6.17 Å². The van der Waals surface area contributed by atoms with Gasteiger partial charge in [-0.25, -0.2) is 4.39 Å². The minimum absolute atomic E-state index is 0.141. The van der Waals surface area contributed by atoms with Gasteiger partial charge in [-0.2, -0.15) is 5.10 Å². The van der Waals surface area contributed by atoms with Crippen LogP contribution < -0.4 is 16.3 Å². The number of halogens is 2. The minimum atomic E-state index is -0.465. The summed E-state index contributed by atoms with van der Waals surface area (Å²) in [7, 11) is 1.83. The number of nitrogens with two attached hydrogens (primary N) is 1. The lowest BCUT2D eigenvalue weighted by Gasteiger charge is -2.23. The lowest BCUT2D eigenvalue weighted by molar-refractivity contribution is 0.0781. The van der Waals surface area contributed by atoms with Gasteiger partial charge in [0.05, 0.1) is 27.6 Å². The van der Waals surface area contributed by atoms with Crippen molar-refractivity contribution in [3.05, 3.63) is 68.4 Å². The molecule has 1 amide bonds. The molecule has 9 heteroatoms. The van der Waals surface area contributed by atoms with Crippen LogP contribution in [0.3, 0.4) is 0 Å². The highest BCUT2D eigenvalue weighted by molar-refractivity contribution is 6.33. The van der Waals surface area contributed by atoms with E-state index in [-0.39, 0.29) is 41.1 Å². The number of benzene rings is 2. The van der Waals surface area contributed by atoms with Crippen LogP contribution in [0.1, 0.15) is 27.4 Å². The minimum Gasteiger partial charge on any atom is -0.396 e. The molecule has 0 aromatic heterocycles. The summed E-state index contributed by atoms with van der Waals surface area (Å²) >= 11 is 6.52. The van der Waals surface area contributed by atoms with Crippen molar-refractivity contribution in [2.24, 2.45) is 27.7 Å². The maximum absolute atomic E-state index is 14.7. The molecule has 172 valence electrons. The molecule has 2 aromatic rings. The number of aliphatic hydroxyl groups is 1. The fourth-order valence-corrected chi connectivity index (χ4v) is 5.32. The van der Waals surface area contributed by atoms with Crippen LogP contribution in [0.5, 0.6) is 0 Å². The van der Waals surface area contributed by atoms with Gasteiger partial charge in [0.25, 0.3) is 5.91 Å². The van der Waals surface area contributed by atoms with Gasteiger partial charge in [0.1, 0.15) is 12.0 Å². The number of aryl methyl sites for hydroxylation is 1. The third kappa shape index (κ3) is 3.62. The quantitative estimate of drug-likeness (QED) is 0.706. The van der Waals surface area contributed by atoms with Crippen LogP contribution in [-0.4, -0.2) is 60.0 Å². The number of rotatable bonds is 3. The van der Waals surface area contributed by atoms with Gasteiger partial charge in [0, 0.05) is 50.0 Å². The highest BCUT2D eigenvalue weighted by Gasteiger charge is 2.38. The first-order valence-electron chi connectivity index (χ1n) is 10.9. The second-order valence-corrected chi connectivity index (χ2v) is 9.36. The summed E-state index contributed by atoms with van der Waals surface area (Å²) in [4.78, 5) is 19.7. The number of amides is 1. The van der Waals surface area contributed by atoms with Crippen molar-refractivity contribution < 1.29 is 14.3 Å². The molecule has 3 aliphatic heterocycles. The lowest BCUT2D eigenvalue weighted by atomic mass is 9.89. The molecule has 1 saturated heterocycles. The molecule has 3 aliphatic rings. The Kier molecular flexibility index (Phi) is 5.47. The zero-order valence-electron chi connectivity index (χ0n) is 18.4. The first kappa shape index (κ1) is 22.0. The third-order valence-corrected chi connectivity index (χ3v) is 7.14. The Morgan fingerprint density at radius 2 is 2.09 bits per heavy atom. The van der Waals surface area contributed by atoms with Gasteiger partial charge in [-0.05, 0) is 36.2 Å². The molecule has 7 nitrogen and oxygen atoms in total. The smallest absolute Gasteiger partial charge is 0.255 e. The third-order valence-electron chi connectivity index (χ3n) is 6.83. The van der Waals surface area contributed by atoms with Crippen molar-refractivity contribution in [1.29, 1.82) is 0 Å². The largest absolute Gasteiger partial charge is 0.396 e. The Hall–Kier alpha value is -2.81. The van der Waals surface area contributed by atoms with Gasteiger partial charge < -0.3 is 15.7 Å². The Morgan fingerprint density at radius 1 is 1.30 bits per heavy atom. The lowest BCUT2D eigenvalue weighted by Crippen LogP contribution is -2.45. The molecule has 2 aromatic carbocycles. The van der Waals surface area contributed by atoms with Crippen LogP contribution in [0.25, 0.3) is 5.70 Å². The first-order valence-corrected chi connectivity index (χ1v) is 11.3. The zero-order chi connectivity index (χ0) is 23.4. The summed E-state index contributed by atoms with van der Waals surface area (Å²) in [5.41, 5.74) is 8.75. The Balaban J connectivity index is 1.52. The van der Waals surface area contributed by atoms with Crippen LogP contribution in [0.15, 0.2) is 40.4 Å². The van der Waals surface area contributed by atoms with Crippen molar-refractivity contribution in [2.75, 3.05) is 26.7 Å². The summed E-state index contributed by atoms with van der Waals surface area (Å²) in [5.74, 6) is -1.29. The van der Waals surface area contributed by atoms with Gasteiger partial charge in [-0.3, -0.25) is 14.8 Å². The second kappa shape index (κ2) is 8.20. The number of hydrazone groups is 1. The van der Waals surface area contributed by atoms with Crippen LogP contribution in [-0.2, 0) is 0 Å². The van der Waals surface area contributed by atoms with E-state index in [4.69, 9.17) is 17.3 Å². The summed E-state index contributed by atoms with van der Waals surface area (Å²) in [5, 5.41) is 17.7. The number of likely N-dealkylation sites (tertiary alicyclic amines) is 1. The van der Waals surface area contributed by atoms with E-state index in [0.717, 1.165) is 16.5 Å². The standard InChI is InChI=1S/C24H25ClFN5O2/c1-12-3-4-14(20(26)5-12)18-10-31(9-13(18)11-32)24(33)15-6-16-21(7-19(15)25)29-23(27)17-8-28-30(2)22(16)17/h3-8,13,17-18,23,32H,9-11,27H2,1-2H3/t13-,17?,18+,23?/m0/s1. The maximum atomic E-state index is 14.7. The number of aliphatic hydroxyl groups excluding tert-OH is 1. The molecule has 0 spiro atoms. The summed E-state index contributed by atoms with van der Waals surface area (Å²) in [6.07, 6.45) is 1.29. The Labute approximate surface area is 195 Å². The van der Waals surface area contributed by atoms with Gasteiger partial charge in [-0.1, -0.05) is 23.7 Å². The fraction of sp³-hybridized carbons (Fsp3) is 0.375. The zero-order valence-corrected chi connectivity index (χ0v) is 19.1. The number of hydrogen-bond acceptors (Lipinski definition) is 6. The number of hydrogen-bond donors (Lipinski definition) is 2. The topological polar surface area (TPSA) is 94.5 Å². The van der Waals surface area contributed by atoms with E-state index in [2.05, 4.69) is 10.1 Å². The predicted octanol–water partition coefficient (Wildman–Crippen LogP) is 1.21. The van der Waals surface area contributed by atoms with Crippen molar-refractivity contribution in [1.82, 2.24) is 9.91 Å². The summed E-state index contributed by atoms with van der Waals surface area (Å²) < 4.78 is 14.7. The van der Waals surface area contributed by atoms with E-state index >= 15 is 0 Å². The average Bonchev–Trinajstić information content (AvgIpc) is 3.37. The Morgan fingerprint density at radius 3 is 2.82 bits per heavy atom. The van der Waals surface area contributed by atoms with E-state index in [0.29, 0.717) is 29.6 Å². The van der Waals surface area contributed by atoms with E-state index in [1.54, 1.807) is 34.3 Å². The molecule has 3 N–H and O–H groups in total. The molecule has 0 bridgehead atoms. The molecule has 0 aliphatic carbocycles. The molecule has 2 unspecified atom stereocenters. The molecule has 0 radical (unpaired) electrons. The molecule has 1 fully saturated rings. The van der Waals surface area contributed by atoms with Crippen molar-refractivity contribution in [2.45, 2.75) is 19.0 Å². The van der Waals surface area contributed by atoms with Crippen molar-refractivity contribution in [3.63, 3.8) is 0 Å². The Bertz CT molecular complexity index is 1300. The first-order chi connectivity index (χ1) is 15.8. The van der Waals surface area contributed by atoms with E-state index in [1.807, 2.05) is 20.0 Å². The van der Waals surface area contributed by atoms with Crippen molar-refractivity contribution in [3.8, 4) is 0 Å². The normalized spacial score (nSPS) is 25.8. The predicted molar refractivity (Wildman–Crippen MR) is 124 cm³/mol. The van der Waals surface area contributed by atoms with Gasteiger partial charge >= 0.3 is 0 Å². The highest BCUT2D eigenvalue weighted by Crippen LogP contribution is 2.35. The van der Waals surface area contributed by atoms with E-state index in [9.17, 15) is 14.3 Å². The summed E-state index contributed by atoms with van der Waals surface area (Å²) in [6, 6.07) is 8.48. The number of nitrogens with zero attached hydrogens (tertiary/aromatic N) is 4. The molecule has 4 atom stereocenters. The molecule has 0 saturated carbocycles. The molecular weight excluding hydrogens is 445 g/mol. The van der Waals surface area contributed by atoms with Crippen LogP contribution in [0, 0.1) is 24.6 Å². The molecule has 5 rings (SSSR count). The van der Waals surface area contributed by atoms with Crippen LogP contribution >= 0.6 is 11.6 Å². The van der Waals surface area contributed by atoms with Crippen LogP contribution in [0.4, 0.5) is 4.39 Å². The second-order valence-electron chi connectivity index (χ2n) is 8.95. The molecule has 33 heavy (non-hydrogen) atoms. The molecule has 3 heterocycles. The number of carbonyl (C=O) groups excluding carboxylic acids is 1. The van der Waals surface area contributed by atoms with Gasteiger partial charge in [0.2, 0.25) is 0 Å². The maximum Gasteiger partial charge on any atom is 0.255 e. The monoisotopic (exact) mass is 469 g/mol. The molecular formula is C24H25ClFN5O2. The van der Waals surface area contributed by atoms with E-state index in [1.165, 1.54) is 6.07 Å². The fourth-order valence-electron chi connectivity index (χ4n) is 5.08. The van der Waals surface area contributed by atoms with Gasteiger partial charge in [0.15, 0.2) is 0 Å². The highest BCUT2D eigenvalue weighted by atomic mass is 35.5. The summed E-state index contributed by atoms with van der Waals surface area (Å²) in [6.45, 7) is 2.30. The number of carbonyl (C=O) groups is 1. The van der Waals surface area contributed by atoms with Gasteiger partial charge in [-0.15, -0.1) is 0 Å². The van der Waals surface area contributed by atoms with Crippen LogP contribution in [0.2, 0.25) is 5.02 Å². The SMILES string of the molecule is Cc1ccc([C@@H]2CN(C(=O)c3cc4c(cc3Cl)=NC(N)C3C=NN(C)C=43)C[C@H]2CO)c(F)c1. The van der Waals surface area contributed by atoms with Crippen molar-refractivity contribution >= 4 is 29.4 Å². The number of fused-ring (bicyclic) bond motifs is 2.